The van der Waals surface area contributed by atoms with Crippen LogP contribution in [0.4, 0.5) is 5.69 Å². The van der Waals surface area contributed by atoms with Crippen molar-refractivity contribution < 1.29 is 19.1 Å². The molecule has 2 amide bonds. The third kappa shape index (κ3) is 5.47. The zero-order valence-electron chi connectivity index (χ0n) is 15.2. The number of aromatic nitrogens is 1. The van der Waals surface area contributed by atoms with Crippen molar-refractivity contribution in [1.29, 1.82) is 0 Å². The van der Waals surface area contributed by atoms with Crippen LogP contribution < -0.4 is 14.8 Å². The highest BCUT2D eigenvalue weighted by atomic mass is 16.5. The number of pyridine rings is 1. The predicted molar refractivity (Wildman–Crippen MR) is 98.1 cm³/mol. The molecule has 1 heterocycles. The topological polar surface area (TPSA) is 80.8 Å². The normalized spacial score (nSPS) is 10.1. The van der Waals surface area contributed by atoms with Crippen LogP contribution in [-0.4, -0.2) is 42.5 Å². The first-order chi connectivity index (χ1) is 12.5. The van der Waals surface area contributed by atoms with Crippen LogP contribution in [0.25, 0.3) is 0 Å². The van der Waals surface area contributed by atoms with Gasteiger partial charge in [0.1, 0.15) is 11.5 Å². The second-order valence-electron chi connectivity index (χ2n) is 5.67. The molecule has 0 fully saturated rings. The summed E-state index contributed by atoms with van der Waals surface area (Å²) >= 11 is 0. The van der Waals surface area contributed by atoms with E-state index in [4.69, 9.17) is 9.47 Å². The molecule has 2 rings (SSSR count). The number of hydrogen-bond donors (Lipinski definition) is 1. The SMILES string of the molecule is COc1ccc(OC)c(NC(=O)CCN(Cc2cccnc2)C(C)=O)c1. The van der Waals surface area contributed by atoms with Crippen LogP contribution in [0.2, 0.25) is 0 Å². The van der Waals surface area contributed by atoms with Crippen LogP contribution in [-0.2, 0) is 16.1 Å². The van der Waals surface area contributed by atoms with E-state index in [1.807, 2.05) is 12.1 Å². The number of ether oxygens (including phenoxy) is 2. The molecular formula is C19H23N3O4. The number of nitrogens with zero attached hydrogens (tertiary/aromatic N) is 2. The van der Waals surface area contributed by atoms with Gasteiger partial charge in [-0.3, -0.25) is 14.6 Å². The van der Waals surface area contributed by atoms with Gasteiger partial charge in [-0.1, -0.05) is 6.07 Å². The van der Waals surface area contributed by atoms with Crippen molar-refractivity contribution in [1.82, 2.24) is 9.88 Å². The van der Waals surface area contributed by atoms with Crippen LogP contribution in [0.3, 0.4) is 0 Å². The van der Waals surface area contributed by atoms with Crippen molar-refractivity contribution in [3.63, 3.8) is 0 Å². The molecule has 1 aromatic carbocycles. The van der Waals surface area contributed by atoms with Crippen molar-refractivity contribution in [3.8, 4) is 11.5 Å². The Morgan fingerprint density at radius 3 is 2.62 bits per heavy atom. The number of rotatable bonds is 8. The zero-order valence-corrected chi connectivity index (χ0v) is 15.2. The lowest BCUT2D eigenvalue weighted by Crippen LogP contribution is -2.31. The molecule has 0 unspecified atom stereocenters. The molecule has 7 nitrogen and oxygen atoms in total. The summed E-state index contributed by atoms with van der Waals surface area (Å²) in [7, 11) is 3.08. The van der Waals surface area contributed by atoms with E-state index in [1.54, 1.807) is 42.6 Å². The van der Waals surface area contributed by atoms with Gasteiger partial charge in [-0.25, -0.2) is 0 Å². The van der Waals surface area contributed by atoms with E-state index in [9.17, 15) is 9.59 Å². The number of carbonyl (C=O) groups is 2. The Kier molecular flexibility index (Phi) is 6.96. The van der Waals surface area contributed by atoms with E-state index >= 15 is 0 Å². The summed E-state index contributed by atoms with van der Waals surface area (Å²) in [5.41, 5.74) is 1.44. The Hall–Kier alpha value is -3.09. The molecule has 1 aromatic heterocycles. The fourth-order valence-electron chi connectivity index (χ4n) is 2.42. The average molecular weight is 357 g/mol. The summed E-state index contributed by atoms with van der Waals surface area (Å²) in [4.78, 5) is 29.8. The van der Waals surface area contributed by atoms with Gasteiger partial charge in [0, 0.05) is 44.9 Å². The third-order valence-corrected chi connectivity index (χ3v) is 3.83. The van der Waals surface area contributed by atoms with Gasteiger partial charge in [0.05, 0.1) is 19.9 Å². The van der Waals surface area contributed by atoms with Gasteiger partial charge in [0.2, 0.25) is 11.8 Å². The van der Waals surface area contributed by atoms with E-state index in [0.29, 0.717) is 30.3 Å². The van der Waals surface area contributed by atoms with E-state index in [2.05, 4.69) is 10.3 Å². The monoisotopic (exact) mass is 357 g/mol. The summed E-state index contributed by atoms with van der Waals surface area (Å²) in [5, 5.41) is 2.80. The molecule has 0 aliphatic rings. The fourth-order valence-corrected chi connectivity index (χ4v) is 2.42. The van der Waals surface area contributed by atoms with Crippen molar-refractivity contribution in [2.75, 3.05) is 26.1 Å². The summed E-state index contributed by atoms with van der Waals surface area (Å²) in [6, 6.07) is 8.87. The Labute approximate surface area is 152 Å². The second kappa shape index (κ2) is 9.41. The number of methoxy groups -OCH3 is 2. The Morgan fingerprint density at radius 1 is 1.19 bits per heavy atom. The molecule has 0 bridgehead atoms. The van der Waals surface area contributed by atoms with Crippen LogP contribution >= 0.6 is 0 Å². The Balaban J connectivity index is 1.97. The maximum Gasteiger partial charge on any atom is 0.226 e. The first kappa shape index (κ1) is 19.2. The van der Waals surface area contributed by atoms with Crippen molar-refractivity contribution in [3.05, 3.63) is 48.3 Å². The van der Waals surface area contributed by atoms with Crippen LogP contribution in [0, 0.1) is 0 Å². The van der Waals surface area contributed by atoms with E-state index < -0.39 is 0 Å². The van der Waals surface area contributed by atoms with Gasteiger partial charge in [0.25, 0.3) is 0 Å². The number of hydrogen-bond acceptors (Lipinski definition) is 5. The molecule has 7 heteroatoms. The molecule has 0 aliphatic carbocycles. The lowest BCUT2D eigenvalue weighted by Gasteiger charge is -2.21. The van der Waals surface area contributed by atoms with Crippen molar-refractivity contribution in [2.45, 2.75) is 19.9 Å². The predicted octanol–water partition coefficient (Wildman–Crippen LogP) is 2.48. The lowest BCUT2D eigenvalue weighted by atomic mass is 10.2. The average Bonchev–Trinajstić information content (AvgIpc) is 2.65. The molecule has 0 atom stereocenters. The summed E-state index contributed by atoms with van der Waals surface area (Å²) in [6.07, 6.45) is 3.55. The molecule has 1 N–H and O–H groups in total. The number of amides is 2. The first-order valence-corrected chi connectivity index (χ1v) is 8.19. The smallest absolute Gasteiger partial charge is 0.226 e. The molecule has 138 valence electrons. The van der Waals surface area contributed by atoms with Crippen molar-refractivity contribution >= 4 is 17.5 Å². The summed E-state index contributed by atoms with van der Waals surface area (Å²) < 4.78 is 10.4. The molecule has 0 saturated carbocycles. The number of benzene rings is 1. The van der Waals surface area contributed by atoms with Gasteiger partial charge in [-0.05, 0) is 23.8 Å². The molecule has 2 aromatic rings. The van der Waals surface area contributed by atoms with E-state index in [0.717, 1.165) is 5.56 Å². The minimum absolute atomic E-state index is 0.0967. The maximum atomic E-state index is 12.3. The summed E-state index contributed by atoms with van der Waals surface area (Å²) in [6.45, 7) is 2.21. The van der Waals surface area contributed by atoms with Gasteiger partial charge in [0.15, 0.2) is 0 Å². The molecular weight excluding hydrogens is 334 g/mol. The quantitative estimate of drug-likeness (QED) is 0.785. The first-order valence-electron chi connectivity index (χ1n) is 8.19. The lowest BCUT2D eigenvalue weighted by molar-refractivity contribution is -0.129. The Morgan fingerprint density at radius 2 is 2.00 bits per heavy atom. The van der Waals surface area contributed by atoms with Gasteiger partial charge >= 0.3 is 0 Å². The van der Waals surface area contributed by atoms with Crippen LogP contribution in [0.1, 0.15) is 18.9 Å². The zero-order chi connectivity index (χ0) is 18.9. The standard InChI is InChI=1S/C19H23N3O4/c1-14(23)22(13-15-5-4-9-20-12-15)10-8-19(24)21-17-11-16(25-2)6-7-18(17)26-3/h4-7,9,11-12H,8,10,13H2,1-3H3,(H,21,24). The highest BCUT2D eigenvalue weighted by Crippen LogP contribution is 2.28. The second-order valence-corrected chi connectivity index (χ2v) is 5.67. The largest absolute Gasteiger partial charge is 0.497 e. The number of carbonyl (C=O) groups excluding carboxylic acids is 2. The number of anilines is 1. The maximum absolute atomic E-state index is 12.3. The van der Waals surface area contributed by atoms with Crippen molar-refractivity contribution in [2.24, 2.45) is 0 Å². The Bertz CT molecular complexity index is 750. The molecule has 0 spiro atoms. The molecule has 0 saturated heterocycles. The number of nitrogens with one attached hydrogen (secondary N) is 1. The molecule has 0 radical (unpaired) electrons. The fraction of sp³-hybridized carbons (Fsp3) is 0.316. The van der Waals surface area contributed by atoms with E-state index in [1.165, 1.54) is 14.0 Å². The summed E-state index contributed by atoms with van der Waals surface area (Å²) in [5.74, 6) is 0.843. The molecule has 26 heavy (non-hydrogen) atoms. The minimum Gasteiger partial charge on any atom is -0.497 e. The minimum atomic E-state index is -0.214. The van der Waals surface area contributed by atoms with Crippen LogP contribution in [0.15, 0.2) is 42.7 Å². The highest BCUT2D eigenvalue weighted by molar-refractivity contribution is 5.93. The van der Waals surface area contributed by atoms with Crippen LogP contribution in [0.5, 0.6) is 11.5 Å². The highest BCUT2D eigenvalue weighted by Gasteiger charge is 2.14. The van der Waals surface area contributed by atoms with Gasteiger partial charge < -0.3 is 19.7 Å². The van der Waals surface area contributed by atoms with Gasteiger partial charge in [-0.15, -0.1) is 0 Å². The van der Waals surface area contributed by atoms with E-state index in [-0.39, 0.29) is 18.2 Å². The molecule has 0 aliphatic heterocycles. The third-order valence-electron chi connectivity index (χ3n) is 3.83. The van der Waals surface area contributed by atoms with Gasteiger partial charge in [-0.2, -0.15) is 0 Å².